The molecule has 0 radical (unpaired) electrons. The highest BCUT2D eigenvalue weighted by Crippen LogP contribution is 2.23. The topological polar surface area (TPSA) is 25.8 Å². The molecule has 2 atom stereocenters. The van der Waals surface area contributed by atoms with E-state index in [0.29, 0.717) is 0 Å². The highest BCUT2D eigenvalue weighted by Gasteiger charge is 2.15. The summed E-state index contributed by atoms with van der Waals surface area (Å²) in [6.07, 6.45) is 0.957. The van der Waals surface area contributed by atoms with E-state index in [1.807, 2.05) is 19.1 Å². The monoisotopic (exact) mass is 198 g/mol. The number of nitrogens with zero attached hydrogens (tertiary/aromatic N) is 2. The summed E-state index contributed by atoms with van der Waals surface area (Å²) in [4.78, 5) is 0. The Morgan fingerprint density at radius 2 is 2.08 bits per heavy atom. The van der Waals surface area contributed by atoms with Crippen LogP contribution in [0.5, 0.6) is 0 Å². The Labute approximate surface area is 84.3 Å². The second-order valence-corrected chi connectivity index (χ2v) is 3.87. The summed E-state index contributed by atoms with van der Waals surface area (Å²) in [7, 11) is 0. The van der Waals surface area contributed by atoms with E-state index in [2.05, 4.69) is 24.0 Å². The van der Waals surface area contributed by atoms with Crippen molar-refractivity contribution >= 4 is 11.6 Å². The summed E-state index contributed by atoms with van der Waals surface area (Å²) in [5, 5.41) is 8.27. The molecule has 0 spiro atoms. The lowest BCUT2D eigenvalue weighted by atomic mass is 10.0. The van der Waals surface area contributed by atoms with Crippen LogP contribution in [0.4, 0.5) is 0 Å². The SMILES string of the molecule is CCC(Cl)C(C)c1ccc(C)nn1. The first-order valence-electron chi connectivity index (χ1n) is 4.59. The molecule has 0 N–H and O–H groups in total. The van der Waals surface area contributed by atoms with Crippen molar-refractivity contribution in [3.63, 3.8) is 0 Å². The van der Waals surface area contributed by atoms with Gasteiger partial charge < -0.3 is 0 Å². The number of hydrogen-bond acceptors (Lipinski definition) is 2. The van der Waals surface area contributed by atoms with Gasteiger partial charge in [0, 0.05) is 11.3 Å². The van der Waals surface area contributed by atoms with E-state index in [4.69, 9.17) is 11.6 Å². The minimum Gasteiger partial charge on any atom is -0.156 e. The number of rotatable bonds is 3. The largest absolute Gasteiger partial charge is 0.156 e. The fourth-order valence-electron chi connectivity index (χ4n) is 1.19. The Bertz CT molecular complexity index is 258. The van der Waals surface area contributed by atoms with Crippen molar-refractivity contribution in [2.24, 2.45) is 0 Å². The first-order valence-corrected chi connectivity index (χ1v) is 5.03. The second-order valence-electron chi connectivity index (χ2n) is 3.31. The van der Waals surface area contributed by atoms with Gasteiger partial charge in [0.2, 0.25) is 0 Å². The molecule has 1 rings (SSSR count). The lowest BCUT2D eigenvalue weighted by molar-refractivity contribution is 0.644. The van der Waals surface area contributed by atoms with Gasteiger partial charge in [-0.25, -0.2) is 0 Å². The summed E-state index contributed by atoms with van der Waals surface area (Å²) < 4.78 is 0. The smallest absolute Gasteiger partial charge is 0.0674 e. The summed E-state index contributed by atoms with van der Waals surface area (Å²) in [5.74, 6) is 0.278. The van der Waals surface area contributed by atoms with Gasteiger partial charge in [-0.1, -0.05) is 13.8 Å². The molecule has 0 aliphatic rings. The molecule has 1 heterocycles. The van der Waals surface area contributed by atoms with Crippen LogP contribution in [-0.2, 0) is 0 Å². The molecule has 1 aromatic rings. The van der Waals surface area contributed by atoms with Crippen LogP contribution in [0.1, 0.15) is 37.6 Å². The number of hydrogen-bond donors (Lipinski definition) is 0. The molecule has 0 bridgehead atoms. The van der Waals surface area contributed by atoms with E-state index in [1.54, 1.807) is 0 Å². The molecule has 2 unspecified atom stereocenters. The molecule has 13 heavy (non-hydrogen) atoms. The lowest BCUT2D eigenvalue weighted by Crippen LogP contribution is -2.10. The third kappa shape index (κ3) is 2.66. The molecule has 72 valence electrons. The number of aromatic nitrogens is 2. The van der Waals surface area contributed by atoms with E-state index in [0.717, 1.165) is 17.8 Å². The van der Waals surface area contributed by atoms with Crippen molar-refractivity contribution in [2.45, 2.75) is 38.5 Å². The molecule has 0 aromatic carbocycles. The summed E-state index contributed by atoms with van der Waals surface area (Å²) in [5.41, 5.74) is 1.92. The minimum atomic E-state index is 0.150. The maximum absolute atomic E-state index is 6.12. The normalized spacial score (nSPS) is 15.4. The zero-order chi connectivity index (χ0) is 9.84. The predicted octanol–water partition coefficient (Wildman–Crippen LogP) is 2.91. The zero-order valence-corrected chi connectivity index (χ0v) is 9.04. The van der Waals surface area contributed by atoms with Gasteiger partial charge in [-0.05, 0) is 25.5 Å². The average molecular weight is 199 g/mol. The number of alkyl halides is 1. The molecule has 3 heteroatoms. The van der Waals surface area contributed by atoms with Gasteiger partial charge in [-0.3, -0.25) is 0 Å². The van der Waals surface area contributed by atoms with E-state index in [9.17, 15) is 0 Å². The van der Waals surface area contributed by atoms with Crippen molar-refractivity contribution < 1.29 is 0 Å². The maximum atomic E-state index is 6.12. The summed E-state index contributed by atoms with van der Waals surface area (Å²) in [6.45, 7) is 6.09. The summed E-state index contributed by atoms with van der Waals surface area (Å²) in [6, 6.07) is 3.97. The Balaban J connectivity index is 2.77. The summed E-state index contributed by atoms with van der Waals surface area (Å²) >= 11 is 6.12. The Morgan fingerprint density at radius 1 is 1.38 bits per heavy atom. The highest BCUT2D eigenvalue weighted by molar-refractivity contribution is 6.21. The molecule has 1 aromatic heterocycles. The Morgan fingerprint density at radius 3 is 2.54 bits per heavy atom. The second kappa shape index (κ2) is 4.56. The first kappa shape index (κ1) is 10.5. The lowest BCUT2D eigenvalue weighted by Gasteiger charge is -2.14. The van der Waals surface area contributed by atoms with Gasteiger partial charge in [0.25, 0.3) is 0 Å². The zero-order valence-electron chi connectivity index (χ0n) is 8.29. The fraction of sp³-hybridized carbons (Fsp3) is 0.600. The van der Waals surface area contributed by atoms with Crippen LogP contribution in [0.2, 0.25) is 0 Å². The van der Waals surface area contributed by atoms with Crippen molar-refractivity contribution in [1.82, 2.24) is 10.2 Å². The molecule has 0 fully saturated rings. The Kier molecular flexibility index (Phi) is 3.67. The van der Waals surface area contributed by atoms with Crippen molar-refractivity contribution in [3.05, 3.63) is 23.5 Å². The van der Waals surface area contributed by atoms with Gasteiger partial charge in [0.15, 0.2) is 0 Å². The number of halogens is 1. The van der Waals surface area contributed by atoms with Gasteiger partial charge in [-0.2, -0.15) is 10.2 Å². The van der Waals surface area contributed by atoms with E-state index in [-0.39, 0.29) is 11.3 Å². The quantitative estimate of drug-likeness (QED) is 0.698. The first-order chi connectivity index (χ1) is 6.15. The van der Waals surface area contributed by atoms with E-state index in [1.165, 1.54) is 0 Å². The third-order valence-corrected chi connectivity index (χ3v) is 2.90. The fourth-order valence-corrected chi connectivity index (χ4v) is 1.32. The van der Waals surface area contributed by atoms with Gasteiger partial charge >= 0.3 is 0 Å². The molecule has 0 amide bonds. The van der Waals surface area contributed by atoms with Crippen molar-refractivity contribution in [1.29, 1.82) is 0 Å². The van der Waals surface area contributed by atoms with Crippen LogP contribution in [0, 0.1) is 6.92 Å². The van der Waals surface area contributed by atoms with Crippen LogP contribution in [0.15, 0.2) is 12.1 Å². The molecular weight excluding hydrogens is 184 g/mol. The molecule has 0 saturated heterocycles. The van der Waals surface area contributed by atoms with Gasteiger partial charge in [0.05, 0.1) is 11.4 Å². The van der Waals surface area contributed by atoms with Crippen LogP contribution >= 0.6 is 11.6 Å². The predicted molar refractivity (Wildman–Crippen MR) is 55.1 cm³/mol. The van der Waals surface area contributed by atoms with Crippen LogP contribution in [0.3, 0.4) is 0 Å². The molecule has 2 nitrogen and oxygen atoms in total. The molecular formula is C10H15ClN2. The van der Waals surface area contributed by atoms with Gasteiger partial charge in [-0.15, -0.1) is 11.6 Å². The highest BCUT2D eigenvalue weighted by atomic mass is 35.5. The molecule has 0 aliphatic heterocycles. The van der Waals surface area contributed by atoms with Crippen molar-refractivity contribution in [2.75, 3.05) is 0 Å². The van der Waals surface area contributed by atoms with Crippen molar-refractivity contribution in [3.8, 4) is 0 Å². The molecule has 0 aliphatic carbocycles. The Hall–Kier alpha value is -0.630. The van der Waals surface area contributed by atoms with E-state index >= 15 is 0 Å². The molecule has 0 saturated carbocycles. The standard InChI is InChI=1S/C10H15ClN2/c1-4-9(11)8(3)10-6-5-7(2)12-13-10/h5-6,8-9H,4H2,1-3H3. The van der Waals surface area contributed by atoms with Crippen LogP contribution < -0.4 is 0 Å². The van der Waals surface area contributed by atoms with Crippen LogP contribution in [0.25, 0.3) is 0 Å². The maximum Gasteiger partial charge on any atom is 0.0674 e. The van der Waals surface area contributed by atoms with E-state index < -0.39 is 0 Å². The minimum absolute atomic E-state index is 0.150. The average Bonchev–Trinajstić information content (AvgIpc) is 2.17. The van der Waals surface area contributed by atoms with Gasteiger partial charge in [0.1, 0.15) is 0 Å². The number of aryl methyl sites for hydroxylation is 1. The van der Waals surface area contributed by atoms with Crippen LogP contribution in [-0.4, -0.2) is 15.6 Å². The third-order valence-electron chi connectivity index (χ3n) is 2.22.